The molecule has 1 aromatic heterocycles. The first-order chi connectivity index (χ1) is 7.74. The number of aromatic amines is 1. The minimum Gasteiger partial charge on any atom is -0.355 e. The van der Waals surface area contributed by atoms with Crippen LogP contribution in [0.5, 0.6) is 0 Å². The Morgan fingerprint density at radius 2 is 1.56 bits per heavy atom. The maximum atomic E-state index is 3.80. The monoisotopic (exact) mass is 217 g/mol. The summed E-state index contributed by atoms with van der Waals surface area (Å²) >= 11 is 0. The lowest BCUT2D eigenvalue weighted by molar-refractivity contribution is 1.32. The van der Waals surface area contributed by atoms with Crippen molar-refractivity contribution >= 4 is 18.2 Å². The molecule has 0 atom stereocenters. The summed E-state index contributed by atoms with van der Waals surface area (Å²) in [6, 6.07) is 0. The zero-order chi connectivity index (χ0) is 12.6. The first-order valence-electron chi connectivity index (χ1n) is 5.85. The summed E-state index contributed by atoms with van der Waals surface area (Å²) in [4.78, 5) is 3.33. The van der Waals surface area contributed by atoms with E-state index in [4.69, 9.17) is 0 Å². The van der Waals surface area contributed by atoms with Gasteiger partial charge in [-0.2, -0.15) is 0 Å². The lowest BCUT2D eigenvalue weighted by Crippen LogP contribution is -1.76. The number of aromatic nitrogens is 1. The number of nitrogens with one attached hydrogen (secondary N) is 1. The lowest BCUT2D eigenvalue weighted by Gasteiger charge is -1.93. The molecule has 1 aromatic rings. The third kappa shape index (κ3) is 3.27. The van der Waals surface area contributed by atoms with Gasteiger partial charge < -0.3 is 4.98 Å². The van der Waals surface area contributed by atoms with Crippen LogP contribution >= 0.6 is 0 Å². The van der Waals surface area contributed by atoms with Crippen LogP contribution in [0, 0.1) is 6.92 Å². The van der Waals surface area contributed by atoms with Gasteiger partial charge in [-0.25, -0.2) is 0 Å². The highest BCUT2D eigenvalue weighted by Gasteiger charge is 2.06. The van der Waals surface area contributed by atoms with Gasteiger partial charge >= 0.3 is 0 Å². The van der Waals surface area contributed by atoms with Crippen molar-refractivity contribution in [3.63, 3.8) is 0 Å². The predicted octanol–water partition coefficient (Wildman–Crippen LogP) is 5.06. The average molecular weight is 217 g/mol. The van der Waals surface area contributed by atoms with E-state index in [0.717, 1.165) is 11.4 Å². The van der Waals surface area contributed by atoms with Gasteiger partial charge in [0.05, 0.1) is 0 Å². The van der Waals surface area contributed by atoms with Crippen molar-refractivity contribution in [3.05, 3.63) is 41.2 Å². The second kappa shape index (κ2) is 7.75. The maximum absolute atomic E-state index is 3.80. The zero-order valence-electron chi connectivity index (χ0n) is 11.1. The highest BCUT2D eigenvalue weighted by Crippen LogP contribution is 2.21. The van der Waals surface area contributed by atoms with Crippen LogP contribution in [0.3, 0.4) is 0 Å². The summed E-state index contributed by atoms with van der Waals surface area (Å²) in [5.74, 6) is 0. The molecule has 0 unspecified atom stereocenters. The number of allylic oxidation sites excluding steroid dienone is 2. The van der Waals surface area contributed by atoms with E-state index in [1.165, 1.54) is 11.1 Å². The molecule has 0 aliphatic carbocycles. The van der Waals surface area contributed by atoms with Crippen LogP contribution in [0.4, 0.5) is 0 Å². The third-order valence-corrected chi connectivity index (χ3v) is 2.24. The fraction of sp³-hybridized carbons (Fsp3) is 0.333. The quantitative estimate of drug-likeness (QED) is 0.728. The van der Waals surface area contributed by atoms with Crippen LogP contribution in [-0.2, 0) is 0 Å². The molecule has 88 valence electrons. The van der Waals surface area contributed by atoms with Crippen molar-refractivity contribution in [2.45, 2.75) is 34.6 Å². The molecule has 0 spiro atoms. The van der Waals surface area contributed by atoms with E-state index in [9.17, 15) is 0 Å². The van der Waals surface area contributed by atoms with E-state index in [2.05, 4.69) is 30.6 Å². The number of rotatable bonds is 3. The molecule has 0 aromatic carbocycles. The molecule has 0 saturated carbocycles. The van der Waals surface area contributed by atoms with Crippen LogP contribution < -0.4 is 0 Å². The molecular weight excluding hydrogens is 194 g/mol. The fourth-order valence-corrected chi connectivity index (χ4v) is 1.53. The zero-order valence-corrected chi connectivity index (χ0v) is 11.1. The fourth-order valence-electron chi connectivity index (χ4n) is 1.53. The van der Waals surface area contributed by atoms with Gasteiger partial charge in [0.15, 0.2) is 0 Å². The summed E-state index contributed by atoms with van der Waals surface area (Å²) in [6.45, 7) is 14.0. The molecule has 1 heterocycles. The van der Waals surface area contributed by atoms with Crippen LogP contribution in [0.25, 0.3) is 18.2 Å². The van der Waals surface area contributed by atoms with Crippen molar-refractivity contribution in [3.8, 4) is 0 Å². The Bertz CT molecular complexity index is 378. The molecule has 0 radical (unpaired) electrons. The molecule has 1 nitrogen and oxygen atoms in total. The molecule has 1 heteroatoms. The van der Waals surface area contributed by atoms with Crippen molar-refractivity contribution in [2.75, 3.05) is 0 Å². The lowest BCUT2D eigenvalue weighted by atomic mass is 10.1. The second-order valence-electron chi connectivity index (χ2n) is 3.20. The minimum absolute atomic E-state index is 1.09. The van der Waals surface area contributed by atoms with E-state index >= 15 is 0 Å². The molecule has 1 rings (SSSR count). The number of hydrogen-bond acceptors (Lipinski definition) is 0. The maximum Gasteiger partial charge on any atom is 0.0455 e. The van der Waals surface area contributed by atoms with Crippen molar-refractivity contribution in [2.24, 2.45) is 0 Å². The molecule has 0 saturated heterocycles. The molecule has 0 bridgehead atoms. The van der Waals surface area contributed by atoms with E-state index in [0.29, 0.717) is 0 Å². The van der Waals surface area contributed by atoms with Crippen LogP contribution in [-0.4, -0.2) is 4.98 Å². The largest absolute Gasteiger partial charge is 0.355 e. The van der Waals surface area contributed by atoms with E-state index in [1.807, 2.05) is 45.9 Å². The standard InChI is InChI=1S/C13H17N.C2H6/c1-5-8-11-10(4)13(9-6-2)14-12(11)7-3;1-2/h5-9,14H,3H2,1-2,4H3;1-2H3/b8-5-,9-6-;. The van der Waals surface area contributed by atoms with E-state index in [-0.39, 0.29) is 0 Å². The SMILES string of the molecule is C=Cc1[nH]c(/C=C\C)c(C)c1/C=C\C.CC. The van der Waals surface area contributed by atoms with Gasteiger partial charge in [-0.05, 0) is 38.5 Å². The molecule has 1 N–H and O–H groups in total. The summed E-state index contributed by atoms with van der Waals surface area (Å²) < 4.78 is 0. The molecular formula is C15H23N. The van der Waals surface area contributed by atoms with Crippen molar-refractivity contribution < 1.29 is 0 Å². The van der Waals surface area contributed by atoms with Crippen LogP contribution in [0.15, 0.2) is 18.7 Å². The van der Waals surface area contributed by atoms with Gasteiger partial charge in [-0.1, -0.05) is 38.7 Å². The second-order valence-corrected chi connectivity index (χ2v) is 3.20. The van der Waals surface area contributed by atoms with Gasteiger partial charge in [-0.3, -0.25) is 0 Å². The van der Waals surface area contributed by atoms with Gasteiger partial charge in [0.2, 0.25) is 0 Å². The average Bonchev–Trinajstić information content (AvgIpc) is 2.61. The summed E-state index contributed by atoms with van der Waals surface area (Å²) in [6.07, 6.45) is 10.1. The predicted molar refractivity (Wildman–Crippen MR) is 76.4 cm³/mol. The summed E-state index contributed by atoms with van der Waals surface area (Å²) in [7, 11) is 0. The smallest absolute Gasteiger partial charge is 0.0455 e. The van der Waals surface area contributed by atoms with E-state index in [1.54, 1.807) is 0 Å². The first-order valence-corrected chi connectivity index (χ1v) is 5.85. The van der Waals surface area contributed by atoms with Gasteiger partial charge in [-0.15, -0.1) is 0 Å². The Morgan fingerprint density at radius 3 is 2.00 bits per heavy atom. The Hall–Kier alpha value is -1.50. The Balaban J connectivity index is 0.00000106. The summed E-state index contributed by atoms with van der Waals surface area (Å²) in [5, 5.41) is 0. The Labute approximate surface area is 99.6 Å². The molecule has 0 amide bonds. The number of H-pyrrole nitrogens is 1. The number of hydrogen-bond donors (Lipinski definition) is 1. The van der Waals surface area contributed by atoms with Crippen LogP contribution in [0.1, 0.15) is 50.2 Å². The highest BCUT2D eigenvalue weighted by atomic mass is 14.7. The molecule has 0 aliphatic rings. The molecule has 16 heavy (non-hydrogen) atoms. The third-order valence-electron chi connectivity index (χ3n) is 2.24. The first kappa shape index (κ1) is 14.5. The molecule has 0 aliphatic heterocycles. The van der Waals surface area contributed by atoms with Crippen molar-refractivity contribution in [1.82, 2.24) is 4.98 Å². The topological polar surface area (TPSA) is 15.8 Å². The highest BCUT2D eigenvalue weighted by molar-refractivity contribution is 5.70. The summed E-state index contributed by atoms with van der Waals surface area (Å²) in [5.41, 5.74) is 4.76. The van der Waals surface area contributed by atoms with Crippen LogP contribution in [0.2, 0.25) is 0 Å². The Morgan fingerprint density at radius 1 is 1.00 bits per heavy atom. The van der Waals surface area contributed by atoms with Gasteiger partial charge in [0.1, 0.15) is 0 Å². The van der Waals surface area contributed by atoms with Gasteiger partial charge in [0, 0.05) is 17.0 Å². The minimum atomic E-state index is 1.09. The van der Waals surface area contributed by atoms with Crippen molar-refractivity contribution in [1.29, 1.82) is 0 Å². The normalized spacial score (nSPS) is 10.6. The Kier molecular flexibility index (Phi) is 7.02. The van der Waals surface area contributed by atoms with E-state index < -0.39 is 0 Å². The molecule has 0 fully saturated rings. The van der Waals surface area contributed by atoms with Gasteiger partial charge in [0.25, 0.3) is 0 Å².